The Morgan fingerprint density at radius 1 is 1.23 bits per heavy atom. The Hall–Kier alpha value is -2.20. The highest BCUT2D eigenvalue weighted by molar-refractivity contribution is 5.47. The van der Waals surface area contributed by atoms with E-state index in [-0.39, 0.29) is 5.75 Å². The third-order valence-electron chi connectivity index (χ3n) is 4.15. The Balaban J connectivity index is 1.54. The highest BCUT2D eigenvalue weighted by atomic mass is 16.5. The lowest BCUT2D eigenvalue weighted by Gasteiger charge is -2.19. The van der Waals surface area contributed by atoms with Crippen molar-refractivity contribution in [1.29, 1.82) is 0 Å². The van der Waals surface area contributed by atoms with Gasteiger partial charge < -0.3 is 20.1 Å². The van der Waals surface area contributed by atoms with Gasteiger partial charge in [-0.3, -0.25) is 0 Å². The highest BCUT2D eigenvalue weighted by Gasteiger charge is 2.22. The van der Waals surface area contributed by atoms with Crippen LogP contribution in [0, 0.1) is 0 Å². The first-order chi connectivity index (χ1) is 10.8. The summed E-state index contributed by atoms with van der Waals surface area (Å²) in [5, 5.41) is 13.4. The molecule has 1 aliphatic rings. The molecule has 22 heavy (non-hydrogen) atoms. The first-order valence-electron chi connectivity index (χ1n) is 7.65. The van der Waals surface area contributed by atoms with E-state index in [0.29, 0.717) is 11.8 Å². The number of ether oxygens (including phenoxy) is 1. The molecule has 1 saturated heterocycles. The van der Waals surface area contributed by atoms with Crippen LogP contribution in [0.5, 0.6) is 11.5 Å². The van der Waals surface area contributed by atoms with Crippen LogP contribution in [0.4, 0.5) is 5.69 Å². The quantitative estimate of drug-likeness (QED) is 0.891. The minimum atomic E-state index is 0.194. The van der Waals surface area contributed by atoms with E-state index in [9.17, 15) is 5.11 Å². The van der Waals surface area contributed by atoms with Crippen molar-refractivity contribution >= 4 is 5.69 Å². The van der Waals surface area contributed by atoms with E-state index >= 15 is 0 Å². The van der Waals surface area contributed by atoms with Gasteiger partial charge in [-0.15, -0.1) is 0 Å². The Bertz CT molecular complexity index is 616. The fourth-order valence-electron chi connectivity index (χ4n) is 2.91. The Kier molecular flexibility index (Phi) is 4.49. The van der Waals surface area contributed by atoms with Gasteiger partial charge in [0.1, 0.15) is 0 Å². The van der Waals surface area contributed by atoms with Crippen LogP contribution in [0.25, 0.3) is 0 Å². The van der Waals surface area contributed by atoms with Crippen molar-refractivity contribution in [2.24, 2.45) is 0 Å². The Morgan fingerprint density at radius 3 is 2.77 bits per heavy atom. The molecule has 3 rings (SSSR count). The van der Waals surface area contributed by atoms with Crippen LogP contribution in [0.3, 0.4) is 0 Å². The molecule has 1 heterocycles. The summed E-state index contributed by atoms with van der Waals surface area (Å²) in [7, 11) is 1.56. The van der Waals surface area contributed by atoms with E-state index in [1.807, 2.05) is 12.1 Å². The molecule has 0 aliphatic carbocycles. The summed E-state index contributed by atoms with van der Waals surface area (Å²) in [4.78, 5) is 2.41. The number of benzene rings is 2. The lowest BCUT2D eigenvalue weighted by atomic mass is 10.2. The number of anilines is 1. The molecular formula is C18H22N2O2. The van der Waals surface area contributed by atoms with E-state index in [4.69, 9.17) is 4.74 Å². The molecule has 0 spiro atoms. The number of nitrogens with zero attached hydrogens (tertiary/aromatic N) is 1. The minimum Gasteiger partial charge on any atom is -0.504 e. The van der Waals surface area contributed by atoms with Crippen LogP contribution in [0.2, 0.25) is 0 Å². The predicted octanol–water partition coefficient (Wildman–Crippen LogP) is 2.77. The standard InChI is InChI=1S/C18H22N2O2/c1-22-18-8-7-14(11-17(18)21)12-19-15-9-10-20(13-15)16-5-3-2-4-6-16/h2-8,11,15,19,21H,9-10,12-13H2,1H3/t15-/m0/s1. The average Bonchev–Trinajstić information content (AvgIpc) is 3.03. The number of hydrogen-bond acceptors (Lipinski definition) is 4. The van der Waals surface area contributed by atoms with Crippen molar-refractivity contribution in [1.82, 2.24) is 5.32 Å². The summed E-state index contributed by atoms with van der Waals surface area (Å²) < 4.78 is 5.06. The molecule has 4 heteroatoms. The van der Waals surface area contributed by atoms with Crippen molar-refractivity contribution in [3.05, 3.63) is 54.1 Å². The first-order valence-corrected chi connectivity index (χ1v) is 7.65. The predicted molar refractivity (Wildman–Crippen MR) is 88.6 cm³/mol. The second-order valence-corrected chi connectivity index (χ2v) is 5.65. The molecule has 0 radical (unpaired) electrons. The third-order valence-corrected chi connectivity index (χ3v) is 4.15. The normalized spacial score (nSPS) is 17.7. The third kappa shape index (κ3) is 3.34. The summed E-state index contributed by atoms with van der Waals surface area (Å²) in [6.07, 6.45) is 1.14. The molecule has 2 N–H and O–H groups in total. The number of para-hydroxylation sites is 1. The molecule has 0 saturated carbocycles. The zero-order chi connectivity index (χ0) is 15.4. The molecule has 0 unspecified atom stereocenters. The molecular weight excluding hydrogens is 276 g/mol. The Morgan fingerprint density at radius 2 is 2.05 bits per heavy atom. The van der Waals surface area contributed by atoms with Crippen molar-refractivity contribution in [2.45, 2.75) is 19.0 Å². The maximum absolute atomic E-state index is 9.81. The number of hydrogen-bond donors (Lipinski definition) is 2. The van der Waals surface area contributed by atoms with Gasteiger partial charge in [-0.25, -0.2) is 0 Å². The number of methoxy groups -OCH3 is 1. The van der Waals surface area contributed by atoms with Gasteiger partial charge in [-0.05, 0) is 36.2 Å². The molecule has 1 aliphatic heterocycles. The van der Waals surface area contributed by atoms with Gasteiger partial charge in [0.25, 0.3) is 0 Å². The van der Waals surface area contributed by atoms with E-state index in [1.54, 1.807) is 19.2 Å². The van der Waals surface area contributed by atoms with Crippen molar-refractivity contribution in [2.75, 3.05) is 25.1 Å². The molecule has 1 fully saturated rings. The van der Waals surface area contributed by atoms with Crippen LogP contribution in [0.1, 0.15) is 12.0 Å². The zero-order valence-electron chi connectivity index (χ0n) is 12.8. The van der Waals surface area contributed by atoms with E-state index in [0.717, 1.165) is 31.6 Å². The van der Waals surface area contributed by atoms with Crippen LogP contribution in [-0.2, 0) is 6.54 Å². The van der Waals surface area contributed by atoms with Crippen LogP contribution < -0.4 is 15.0 Å². The second-order valence-electron chi connectivity index (χ2n) is 5.65. The van der Waals surface area contributed by atoms with Gasteiger partial charge >= 0.3 is 0 Å². The van der Waals surface area contributed by atoms with Crippen LogP contribution in [0.15, 0.2) is 48.5 Å². The highest BCUT2D eigenvalue weighted by Crippen LogP contribution is 2.26. The van der Waals surface area contributed by atoms with Crippen LogP contribution in [-0.4, -0.2) is 31.3 Å². The smallest absolute Gasteiger partial charge is 0.160 e. The van der Waals surface area contributed by atoms with E-state index in [2.05, 4.69) is 34.5 Å². The van der Waals surface area contributed by atoms with E-state index < -0.39 is 0 Å². The summed E-state index contributed by atoms with van der Waals surface area (Å²) in [6, 6.07) is 16.5. The van der Waals surface area contributed by atoms with E-state index in [1.165, 1.54) is 5.69 Å². The summed E-state index contributed by atoms with van der Waals surface area (Å²) in [5.41, 5.74) is 2.35. The maximum atomic E-state index is 9.81. The zero-order valence-corrected chi connectivity index (χ0v) is 12.8. The summed E-state index contributed by atoms with van der Waals surface area (Å²) in [6.45, 7) is 2.85. The van der Waals surface area contributed by atoms with Gasteiger partial charge in [-0.2, -0.15) is 0 Å². The monoisotopic (exact) mass is 298 g/mol. The molecule has 4 nitrogen and oxygen atoms in total. The van der Waals surface area contributed by atoms with Crippen molar-refractivity contribution in [3.8, 4) is 11.5 Å². The number of phenolic OH excluding ortho intramolecular Hbond substituents is 1. The average molecular weight is 298 g/mol. The molecule has 2 aromatic rings. The van der Waals surface area contributed by atoms with Gasteiger partial charge in [0, 0.05) is 31.4 Å². The molecule has 1 atom stereocenters. The fraction of sp³-hybridized carbons (Fsp3) is 0.333. The molecule has 0 amide bonds. The van der Waals surface area contributed by atoms with Crippen molar-refractivity contribution in [3.63, 3.8) is 0 Å². The SMILES string of the molecule is COc1ccc(CN[C@H]2CCN(c3ccccc3)C2)cc1O. The van der Waals surface area contributed by atoms with Gasteiger partial charge in [-0.1, -0.05) is 24.3 Å². The van der Waals surface area contributed by atoms with Gasteiger partial charge in [0.2, 0.25) is 0 Å². The van der Waals surface area contributed by atoms with Gasteiger partial charge in [0.15, 0.2) is 11.5 Å². The second kappa shape index (κ2) is 6.71. The Labute approximate surface area is 131 Å². The topological polar surface area (TPSA) is 44.7 Å². The lowest BCUT2D eigenvalue weighted by molar-refractivity contribution is 0.373. The lowest BCUT2D eigenvalue weighted by Crippen LogP contribution is -2.32. The number of aromatic hydroxyl groups is 1. The largest absolute Gasteiger partial charge is 0.504 e. The molecule has 0 aromatic heterocycles. The fourth-order valence-corrected chi connectivity index (χ4v) is 2.91. The molecule has 2 aromatic carbocycles. The van der Waals surface area contributed by atoms with Gasteiger partial charge in [0.05, 0.1) is 7.11 Å². The molecule has 0 bridgehead atoms. The first kappa shape index (κ1) is 14.7. The number of rotatable bonds is 5. The number of phenols is 1. The number of nitrogens with one attached hydrogen (secondary N) is 1. The van der Waals surface area contributed by atoms with Crippen molar-refractivity contribution < 1.29 is 9.84 Å². The molecule has 116 valence electrons. The summed E-state index contributed by atoms with van der Waals surface area (Å²) in [5.74, 6) is 0.707. The maximum Gasteiger partial charge on any atom is 0.160 e. The van der Waals surface area contributed by atoms with Crippen LogP contribution >= 0.6 is 0 Å². The summed E-state index contributed by atoms with van der Waals surface area (Å²) >= 11 is 0. The minimum absolute atomic E-state index is 0.194.